The molecule has 3 saturated carbocycles. The molecule has 61 heavy (non-hydrogen) atoms. The Kier molecular flexibility index (Phi) is 12.6. The van der Waals surface area contributed by atoms with E-state index in [2.05, 4.69) is 31.9 Å². The predicted molar refractivity (Wildman–Crippen MR) is 221 cm³/mol. The first-order valence-electron chi connectivity index (χ1n) is 20.3. The van der Waals surface area contributed by atoms with Crippen molar-refractivity contribution in [2.75, 3.05) is 17.3 Å². The Labute approximate surface area is 361 Å². The Balaban J connectivity index is 1.07. The summed E-state index contributed by atoms with van der Waals surface area (Å²) in [6.07, 6.45) is 7.79. The molecule has 0 unspecified atom stereocenters. The quantitative estimate of drug-likeness (QED) is 0.106. The molecule has 3 amide bonds. The average molecular weight is 932 g/mol. The van der Waals surface area contributed by atoms with Gasteiger partial charge in [0.05, 0.1) is 24.1 Å². The molecule has 17 nitrogen and oxygen atoms in total. The normalized spacial score (nSPS) is 32.4. The second kappa shape index (κ2) is 17.0. The number of phosphoric ester groups is 1. The monoisotopic (exact) mass is 930 g/mol. The van der Waals surface area contributed by atoms with Crippen molar-refractivity contribution in [3.63, 3.8) is 0 Å². The highest BCUT2D eigenvalue weighted by Gasteiger charge is 2.76. The van der Waals surface area contributed by atoms with Crippen molar-refractivity contribution < 1.29 is 62.5 Å². The minimum absolute atomic E-state index is 0.0259. The fourth-order valence-corrected chi connectivity index (χ4v) is 11.3. The predicted octanol–water partition coefficient (Wildman–Crippen LogP) is 3.09. The number of halogens is 1. The van der Waals surface area contributed by atoms with Crippen LogP contribution in [0.25, 0.3) is 0 Å². The minimum atomic E-state index is -5.04. The lowest BCUT2D eigenvalue weighted by Crippen LogP contribution is -2.63. The van der Waals surface area contributed by atoms with Gasteiger partial charge in [-0.15, -0.1) is 0 Å². The maximum Gasteiger partial charge on any atom is 0.470 e. The third-order valence-corrected chi connectivity index (χ3v) is 14.6. The van der Waals surface area contributed by atoms with Gasteiger partial charge >= 0.3 is 7.82 Å². The van der Waals surface area contributed by atoms with Gasteiger partial charge in [-0.1, -0.05) is 47.5 Å². The highest BCUT2D eigenvalue weighted by Crippen LogP contribution is 2.70. The number of hydrogen-bond donors (Lipinski definition) is 7. The van der Waals surface area contributed by atoms with Crippen molar-refractivity contribution >= 4 is 58.7 Å². The topological polar surface area (TPSA) is 252 Å². The number of carbonyl (C=O) groups is 5. The van der Waals surface area contributed by atoms with Crippen molar-refractivity contribution in [1.82, 2.24) is 15.2 Å². The second-order valence-electron chi connectivity index (χ2n) is 17.4. The molecule has 330 valence electrons. The van der Waals surface area contributed by atoms with E-state index >= 15 is 0 Å². The van der Waals surface area contributed by atoms with Crippen LogP contribution in [-0.2, 0) is 55.7 Å². The Hall–Kier alpha value is -3.84. The van der Waals surface area contributed by atoms with Crippen LogP contribution in [0.3, 0.4) is 0 Å². The van der Waals surface area contributed by atoms with E-state index in [1.807, 2.05) is 24.5 Å². The molecule has 2 heterocycles. The van der Waals surface area contributed by atoms with Crippen LogP contribution < -0.4 is 16.0 Å². The molecular weight excluding hydrogens is 879 g/mol. The summed E-state index contributed by atoms with van der Waals surface area (Å²) in [7, 11) is -5.04. The number of aromatic nitrogens is 1. The maximum absolute atomic E-state index is 14.4. The van der Waals surface area contributed by atoms with Crippen LogP contribution in [0.5, 0.6) is 0 Å². The van der Waals surface area contributed by atoms with E-state index < -0.39 is 85.6 Å². The van der Waals surface area contributed by atoms with Crippen LogP contribution in [0.2, 0.25) is 0 Å². The van der Waals surface area contributed by atoms with E-state index in [-0.39, 0.29) is 41.2 Å². The Bertz CT molecular complexity index is 2220. The summed E-state index contributed by atoms with van der Waals surface area (Å²) in [6, 6.07) is 5.10. The third-order valence-electron chi connectivity index (χ3n) is 13.7. The molecule has 2 aromatic rings. The van der Waals surface area contributed by atoms with Crippen LogP contribution in [0.15, 0.2) is 60.5 Å². The molecule has 1 aromatic heterocycles. The molecule has 0 spiro atoms. The van der Waals surface area contributed by atoms with Crippen molar-refractivity contribution in [3.8, 4) is 0 Å². The zero-order valence-corrected chi connectivity index (χ0v) is 36.7. The van der Waals surface area contributed by atoms with Gasteiger partial charge < -0.3 is 50.0 Å². The summed E-state index contributed by atoms with van der Waals surface area (Å²) in [5.41, 5.74) is -0.180. The van der Waals surface area contributed by atoms with Crippen LogP contribution in [0.1, 0.15) is 76.4 Å². The lowest BCUT2D eigenvalue weighted by Gasteiger charge is -2.59. The van der Waals surface area contributed by atoms with E-state index in [0.717, 1.165) is 11.1 Å². The number of benzene rings is 1. The number of alkyl halides is 1. The number of aliphatic hydroxyl groups is 2. The summed E-state index contributed by atoms with van der Waals surface area (Å²) in [4.78, 5) is 82.9. The molecule has 4 aliphatic carbocycles. The highest BCUT2D eigenvalue weighted by molar-refractivity contribution is 9.09. The summed E-state index contributed by atoms with van der Waals surface area (Å²) >= 11 is 3.02. The van der Waals surface area contributed by atoms with Gasteiger partial charge in [-0.3, -0.25) is 28.5 Å². The summed E-state index contributed by atoms with van der Waals surface area (Å²) in [6.45, 7) is 5.94. The number of nitrogens with one attached hydrogen (secondary N) is 3. The Morgan fingerprint density at radius 1 is 1.10 bits per heavy atom. The number of carbonyl (C=O) groups excluding carboxylic acids is 5. The maximum atomic E-state index is 14.4. The Morgan fingerprint density at radius 3 is 2.54 bits per heavy atom. The Morgan fingerprint density at radius 2 is 1.84 bits per heavy atom. The van der Waals surface area contributed by atoms with Gasteiger partial charge in [-0.25, -0.2) is 4.57 Å². The zero-order valence-electron chi connectivity index (χ0n) is 34.2. The molecular formula is C42H52BrN4O13P. The summed E-state index contributed by atoms with van der Waals surface area (Å²) in [5.74, 6) is -2.69. The third kappa shape index (κ3) is 8.39. The molecule has 0 bridgehead atoms. The molecule has 0 radical (unpaired) electrons. The fourth-order valence-electron chi connectivity index (χ4n) is 10.9. The first kappa shape index (κ1) is 45.2. The molecule has 1 saturated heterocycles. The number of phosphoric acid groups is 1. The van der Waals surface area contributed by atoms with Gasteiger partial charge in [0.25, 0.3) is 0 Å². The first-order chi connectivity index (χ1) is 28.7. The van der Waals surface area contributed by atoms with Gasteiger partial charge in [0, 0.05) is 52.5 Å². The lowest BCUT2D eigenvalue weighted by molar-refractivity contribution is -0.200. The van der Waals surface area contributed by atoms with Crippen molar-refractivity contribution in [2.45, 2.75) is 103 Å². The first-order valence-corrected chi connectivity index (χ1v) is 22.9. The molecule has 4 fully saturated rings. The minimum Gasteiger partial charge on any atom is -0.393 e. The smallest absolute Gasteiger partial charge is 0.393 e. The van der Waals surface area contributed by atoms with Crippen LogP contribution in [0.4, 0.5) is 5.69 Å². The van der Waals surface area contributed by atoms with E-state index in [9.17, 15) is 48.5 Å². The lowest BCUT2D eigenvalue weighted by atomic mass is 9.46. The van der Waals surface area contributed by atoms with E-state index in [1.165, 1.54) is 13.8 Å². The SMILES string of the molecule is C[C@H](NC(=O)CBr)C(=O)N[C@@H](C)C(=O)Nc1ccc(Cn2ccc([C@@H]3O[C@@H]4C[C@H]5[C@@H]6CCC7=CC(=O)C=C[C@]7(C)[C@H]6[C@@H](O)C[C@]5(C)[C@]4(C(=O)COP(=O)(O)O)O3)c2)cc1CO. The molecule has 5 aliphatic rings. The van der Waals surface area contributed by atoms with Crippen LogP contribution >= 0.6 is 23.8 Å². The van der Waals surface area contributed by atoms with E-state index in [4.69, 9.17) is 14.0 Å². The average Bonchev–Trinajstić information content (AvgIpc) is 3.89. The van der Waals surface area contributed by atoms with Crippen LogP contribution in [-0.4, -0.2) is 95.7 Å². The van der Waals surface area contributed by atoms with Gasteiger partial charge in [0.15, 0.2) is 23.5 Å². The molecule has 11 atom stereocenters. The van der Waals surface area contributed by atoms with E-state index in [1.54, 1.807) is 48.8 Å². The molecule has 19 heteroatoms. The van der Waals surface area contributed by atoms with Crippen LogP contribution in [0, 0.1) is 28.6 Å². The number of amides is 3. The number of nitrogens with zero attached hydrogens (tertiary/aromatic N) is 1. The van der Waals surface area contributed by atoms with Gasteiger partial charge in [0.1, 0.15) is 18.7 Å². The number of hydrogen-bond acceptors (Lipinski definition) is 11. The number of aliphatic hydroxyl groups excluding tert-OH is 2. The van der Waals surface area contributed by atoms with Crippen molar-refractivity contribution in [2.24, 2.45) is 28.6 Å². The summed E-state index contributed by atoms with van der Waals surface area (Å²) < 4.78 is 31.8. The highest BCUT2D eigenvalue weighted by atomic mass is 79.9. The second-order valence-corrected chi connectivity index (χ2v) is 19.2. The number of ketones is 2. The van der Waals surface area contributed by atoms with Crippen molar-refractivity contribution in [1.29, 1.82) is 0 Å². The number of anilines is 1. The van der Waals surface area contributed by atoms with Gasteiger partial charge in [0.2, 0.25) is 17.7 Å². The standard InChI is InChI=1S/C42H52BrN4O13P/c1-22(44-35(52)17-43)37(53)45-23(2)38(54)46-31-8-5-24(13-26(31)20-48)18-47-12-10-25(19-47)39-59-34-15-30-29-7-6-27-14-28(49)9-11-40(27,3)36(29)32(50)16-41(30,4)42(34,60-39)33(51)21-58-61(55,56)57/h5,8-14,19,22-23,29-30,32,34,36,39,48,50H,6-7,15-18,20-21H2,1-4H3,(H,44,52)(H,45,53)(H,46,54)(H2,55,56,57)/t22-,23-,29-,30-,32-,34+,36+,39+,40-,41-,42+/m0/s1. The van der Waals surface area contributed by atoms with Gasteiger partial charge in [-0.2, -0.15) is 0 Å². The number of Topliss-reactive ketones (excluding diaryl/α,β-unsaturated/α-hetero) is 1. The molecule has 1 aliphatic heterocycles. The zero-order chi connectivity index (χ0) is 44.2. The van der Waals surface area contributed by atoms with Gasteiger partial charge in [-0.05, 0) is 87.3 Å². The molecule has 7 rings (SSSR count). The van der Waals surface area contributed by atoms with Crippen molar-refractivity contribution in [3.05, 3.63) is 77.2 Å². The molecule has 7 N–H and O–H groups in total. The fraction of sp³-hybridized carbons (Fsp3) is 0.548. The number of allylic oxidation sites excluding steroid dienone is 4. The van der Waals surface area contributed by atoms with E-state index in [0.29, 0.717) is 42.6 Å². The number of rotatable bonds is 14. The summed E-state index contributed by atoms with van der Waals surface area (Å²) in [5, 5.41) is 30.0. The molecule has 1 aromatic carbocycles. The largest absolute Gasteiger partial charge is 0.470 e. The number of fused-ring (bicyclic) bond motifs is 7. The number of ether oxygens (including phenoxy) is 2.